The lowest BCUT2D eigenvalue weighted by atomic mass is 10.2. The molecule has 0 radical (unpaired) electrons. The smallest absolute Gasteiger partial charge is 0.220 e. The summed E-state index contributed by atoms with van der Waals surface area (Å²) >= 11 is 12.7. The van der Waals surface area contributed by atoms with Crippen LogP contribution in [-0.4, -0.2) is 40.2 Å². The van der Waals surface area contributed by atoms with Crippen LogP contribution in [0, 0.1) is 13.8 Å². The Labute approximate surface area is 203 Å². The van der Waals surface area contributed by atoms with E-state index in [9.17, 15) is 13.5 Å². The van der Waals surface area contributed by atoms with Crippen LogP contribution >= 0.6 is 35.2 Å². The molecule has 14 heteroatoms. The number of halogens is 2. The molecule has 0 saturated carbocycles. The first-order valence-corrected chi connectivity index (χ1v) is 12.5. The van der Waals surface area contributed by atoms with Crippen LogP contribution in [0.1, 0.15) is 11.3 Å². The third-order valence-electron chi connectivity index (χ3n) is 4.44. The minimum Gasteiger partial charge on any atom is -0.503 e. The second kappa shape index (κ2) is 10.8. The Morgan fingerprint density at radius 2 is 1.94 bits per heavy atom. The van der Waals surface area contributed by atoms with Gasteiger partial charge < -0.3 is 5.11 Å². The summed E-state index contributed by atoms with van der Waals surface area (Å²) < 4.78 is 30.1. The van der Waals surface area contributed by atoms with E-state index < -0.39 is 9.84 Å². The van der Waals surface area contributed by atoms with E-state index in [1.807, 2.05) is 0 Å². The van der Waals surface area contributed by atoms with E-state index in [2.05, 4.69) is 24.7 Å². The van der Waals surface area contributed by atoms with Crippen molar-refractivity contribution in [1.82, 2.24) is 9.78 Å². The summed E-state index contributed by atoms with van der Waals surface area (Å²) in [5.74, 6) is -0.332. The Hall–Kier alpha value is -2.19. The first-order valence-electron chi connectivity index (χ1n) is 9.22. The van der Waals surface area contributed by atoms with Gasteiger partial charge in [-0.05, 0) is 55.8 Å². The number of nitrogens with zero attached hydrogens (tertiary/aromatic N) is 4. The molecule has 1 aromatic heterocycles. The highest BCUT2D eigenvalue weighted by atomic mass is 35.5. The van der Waals surface area contributed by atoms with Gasteiger partial charge in [0.25, 0.3) is 0 Å². The molecule has 0 amide bonds. The van der Waals surface area contributed by atoms with Gasteiger partial charge >= 0.3 is 0 Å². The van der Waals surface area contributed by atoms with Gasteiger partial charge in [0.15, 0.2) is 15.6 Å². The molecule has 0 atom stereocenters. The number of hydrogen-bond donors (Lipinski definition) is 2. The molecular formula is C19H18Cl2N4O6S2. The van der Waals surface area contributed by atoms with Gasteiger partial charge in [-0.3, -0.25) is 0 Å². The molecule has 0 unspecified atom stereocenters. The molecule has 0 aliphatic carbocycles. The molecule has 176 valence electrons. The van der Waals surface area contributed by atoms with Crippen molar-refractivity contribution in [3.63, 3.8) is 0 Å². The van der Waals surface area contributed by atoms with E-state index in [0.29, 0.717) is 27.5 Å². The summed E-state index contributed by atoms with van der Waals surface area (Å²) in [5, 5.41) is 35.1. The number of rotatable bonds is 9. The van der Waals surface area contributed by atoms with Crippen LogP contribution in [0.25, 0.3) is 5.69 Å². The fourth-order valence-corrected chi connectivity index (χ4v) is 5.19. The van der Waals surface area contributed by atoms with Gasteiger partial charge in [0.2, 0.25) is 5.82 Å². The molecule has 33 heavy (non-hydrogen) atoms. The summed E-state index contributed by atoms with van der Waals surface area (Å²) in [4.78, 5) is 0.678. The first-order chi connectivity index (χ1) is 15.7. The van der Waals surface area contributed by atoms with Crippen molar-refractivity contribution in [3.05, 3.63) is 52.7 Å². The second-order valence-electron chi connectivity index (χ2n) is 6.66. The van der Waals surface area contributed by atoms with Gasteiger partial charge in [-0.2, -0.15) is 5.10 Å². The van der Waals surface area contributed by atoms with E-state index in [4.69, 9.17) is 28.5 Å². The maximum absolute atomic E-state index is 12.2. The summed E-state index contributed by atoms with van der Waals surface area (Å²) in [6.07, 6.45) is 0. The van der Waals surface area contributed by atoms with Crippen molar-refractivity contribution in [2.45, 2.75) is 23.6 Å². The highest BCUT2D eigenvalue weighted by Gasteiger charge is 2.19. The quantitative estimate of drug-likeness (QED) is 0.118. The topological polar surface area (TPSA) is 136 Å². The molecular weight excluding hydrogens is 515 g/mol. The van der Waals surface area contributed by atoms with Crippen LogP contribution in [0.5, 0.6) is 5.75 Å². The van der Waals surface area contributed by atoms with Crippen LogP contribution in [0.2, 0.25) is 5.02 Å². The van der Waals surface area contributed by atoms with Crippen molar-refractivity contribution in [1.29, 1.82) is 0 Å². The predicted octanol–water partition coefficient (Wildman–Crippen LogP) is 5.70. The first kappa shape index (κ1) is 25.4. The van der Waals surface area contributed by atoms with Crippen LogP contribution in [0.4, 0.5) is 11.5 Å². The van der Waals surface area contributed by atoms with E-state index in [1.54, 1.807) is 32.0 Å². The molecule has 2 aromatic carbocycles. The number of aromatic nitrogens is 2. The van der Waals surface area contributed by atoms with Gasteiger partial charge in [-0.25, -0.2) is 18.4 Å². The zero-order chi connectivity index (χ0) is 24.2. The second-order valence-corrected chi connectivity index (χ2v) is 10.3. The maximum atomic E-state index is 12.2. The molecule has 1 heterocycles. The molecule has 0 fully saturated rings. The molecule has 10 nitrogen and oxygen atoms in total. The van der Waals surface area contributed by atoms with Crippen LogP contribution < -0.4 is 0 Å². The van der Waals surface area contributed by atoms with E-state index in [1.165, 1.54) is 22.9 Å². The number of aromatic hydroxyl groups is 1. The lowest BCUT2D eigenvalue weighted by Gasteiger charge is -2.08. The fourth-order valence-electron chi connectivity index (χ4n) is 2.78. The van der Waals surface area contributed by atoms with Gasteiger partial charge in [0.05, 0.1) is 39.1 Å². The average Bonchev–Trinajstić information content (AvgIpc) is 3.05. The molecule has 0 aliphatic heterocycles. The van der Waals surface area contributed by atoms with Crippen molar-refractivity contribution >= 4 is 56.6 Å². The van der Waals surface area contributed by atoms with E-state index in [0.717, 1.165) is 12.0 Å². The minimum absolute atomic E-state index is 0.00405. The number of sulfone groups is 1. The normalized spacial score (nSPS) is 12.0. The number of hydrogen-bond acceptors (Lipinski definition) is 10. The molecule has 3 rings (SSSR count). The minimum atomic E-state index is -3.48. The van der Waals surface area contributed by atoms with Gasteiger partial charge in [0, 0.05) is 10.8 Å². The third kappa shape index (κ3) is 5.84. The summed E-state index contributed by atoms with van der Waals surface area (Å²) in [6.45, 7) is 3.29. The lowest BCUT2D eigenvalue weighted by molar-refractivity contribution is -0.432. The number of aryl methyl sites for hydroxylation is 2. The van der Waals surface area contributed by atoms with Crippen LogP contribution in [0.3, 0.4) is 0 Å². The zero-order valence-electron chi connectivity index (χ0n) is 17.3. The highest BCUT2D eigenvalue weighted by molar-refractivity contribution is 7.94. The van der Waals surface area contributed by atoms with Crippen LogP contribution in [0.15, 0.2) is 56.4 Å². The summed E-state index contributed by atoms with van der Waals surface area (Å²) in [7, 11) is -3.48. The number of benzene rings is 2. The Morgan fingerprint density at radius 1 is 1.18 bits per heavy atom. The molecule has 0 aliphatic rings. The largest absolute Gasteiger partial charge is 0.503 e. The van der Waals surface area contributed by atoms with Gasteiger partial charge in [-0.15, -0.1) is 26.2 Å². The number of alkyl halides is 1. The Morgan fingerprint density at radius 3 is 2.58 bits per heavy atom. The van der Waals surface area contributed by atoms with Crippen molar-refractivity contribution in [3.8, 4) is 11.4 Å². The maximum Gasteiger partial charge on any atom is 0.220 e. The Bertz CT molecular complexity index is 1300. The van der Waals surface area contributed by atoms with Gasteiger partial charge in [0.1, 0.15) is 5.69 Å². The summed E-state index contributed by atoms with van der Waals surface area (Å²) in [5.41, 5.74) is 1.68. The average molecular weight is 533 g/mol. The van der Waals surface area contributed by atoms with Crippen molar-refractivity contribution in [2.75, 3.05) is 11.6 Å². The lowest BCUT2D eigenvalue weighted by Crippen LogP contribution is -2.07. The van der Waals surface area contributed by atoms with Crippen molar-refractivity contribution in [2.24, 2.45) is 10.2 Å². The van der Waals surface area contributed by atoms with Crippen molar-refractivity contribution < 1.29 is 28.2 Å². The van der Waals surface area contributed by atoms with E-state index in [-0.39, 0.29) is 33.1 Å². The highest BCUT2D eigenvalue weighted by Crippen LogP contribution is 2.37. The number of azo groups is 1. The van der Waals surface area contributed by atoms with E-state index >= 15 is 0 Å². The van der Waals surface area contributed by atoms with Gasteiger partial charge in [-0.1, -0.05) is 16.6 Å². The SMILES string of the molecule is Cc1cc(S(=O)(=O)CCCl)ccc1N=Nc1c(O)c(C)nn1-c1ccc(SOOO)cc1Cl. The Kier molecular flexibility index (Phi) is 8.34. The predicted molar refractivity (Wildman–Crippen MR) is 124 cm³/mol. The molecule has 0 spiro atoms. The molecule has 0 saturated heterocycles. The zero-order valence-corrected chi connectivity index (χ0v) is 20.4. The fraction of sp³-hybridized carbons (Fsp3) is 0.211. The molecule has 2 N–H and O–H groups in total. The molecule has 3 aromatic rings. The standard InChI is InChI=1S/C19H18Cl2N4O6S2/c1-11-9-14(33(28,29)8-7-20)4-5-16(11)22-23-19-18(26)12(2)24-25(19)17-6-3-13(10-15(17)21)32-31-30-27/h3-6,9-10,26-27H,7-8H2,1-2H3. The van der Waals surface area contributed by atoms with Crippen LogP contribution in [-0.2, 0) is 19.2 Å². The molecule has 0 bridgehead atoms. The monoisotopic (exact) mass is 532 g/mol. The Balaban J connectivity index is 1.96. The summed E-state index contributed by atoms with van der Waals surface area (Å²) in [6, 6.07) is 9.22. The third-order valence-corrected chi connectivity index (χ3v) is 7.44.